The van der Waals surface area contributed by atoms with Crippen LogP contribution in [0.3, 0.4) is 0 Å². The zero-order chi connectivity index (χ0) is 11.5. The molecule has 84 valence electrons. The highest BCUT2D eigenvalue weighted by atomic mass is 16.2. The molecule has 1 atom stereocenters. The van der Waals surface area contributed by atoms with Gasteiger partial charge in [-0.2, -0.15) is 0 Å². The third-order valence-electron chi connectivity index (χ3n) is 2.71. The molecule has 1 fully saturated rings. The summed E-state index contributed by atoms with van der Waals surface area (Å²) in [7, 11) is 0. The molecule has 0 radical (unpaired) electrons. The second-order valence-corrected chi connectivity index (χ2v) is 3.75. The summed E-state index contributed by atoms with van der Waals surface area (Å²) in [5, 5.41) is 0. The zero-order valence-corrected chi connectivity index (χ0v) is 8.72. The Hall–Kier alpha value is -1.88. The van der Waals surface area contributed by atoms with E-state index in [0.717, 1.165) is 5.69 Å². The first-order valence-corrected chi connectivity index (χ1v) is 5.08. The summed E-state index contributed by atoms with van der Waals surface area (Å²) in [6.45, 7) is 0.395. The summed E-state index contributed by atoms with van der Waals surface area (Å²) in [5.74, 6) is 4.38. The summed E-state index contributed by atoms with van der Waals surface area (Å²) in [5.41, 5.74) is 2.90. The van der Waals surface area contributed by atoms with Crippen LogP contribution in [0.2, 0.25) is 0 Å². The molecule has 0 saturated carbocycles. The molecular weight excluding hydrogens is 206 g/mol. The molecule has 1 aromatic carbocycles. The van der Waals surface area contributed by atoms with Crippen LogP contribution in [0, 0.1) is 5.92 Å². The van der Waals surface area contributed by atoms with Crippen LogP contribution < -0.4 is 16.2 Å². The predicted molar refractivity (Wildman–Crippen MR) is 59.2 cm³/mol. The topological polar surface area (TPSA) is 75.4 Å². The fraction of sp³-hybridized carbons (Fsp3) is 0.273. The quantitative estimate of drug-likeness (QED) is 0.418. The average Bonchev–Trinajstić information content (AvgIpc) is 2.71. The summed E-state index contributed by atoms with van der Waals surface area (Å²) in [6, 6.07) is 9.30. The van der Waals surface area contributed by atoms with Crippen molar-refractivity contribution >= 4 is 17.5 Å². The largest absolute Gasteiger partial charge is 0.312 e. The number of nitrogens with zero attached hydrogens (tertiary/aromatic N) is 1. The van der Waals surface area contributed by atoms with Gasteiger partial charge in [0.25, 0.3) is 0 Å². The maximum Gasteiger partial charge on any atom is 0.239 e. The molecule has 1 saturated heterocycles. The molecule has 0 spiro atoms. The van der Waals surface area contributed by atoms with E-state index in [0.29, 0.717) is 6.54 Å². The van der Waals surface area contributed by atoms with E-state index < -0.39 is 0 Å². The molecule has 2 rings (SSSR count). The lowest BCUT2D eigenvalue weighted by molar-refractivity contribution is -0.126. The lowest BCUT2D eigenvalue weighted by Gasteiger charge is -2.15. The number of hydrogen-bond acceptors (Lipinski definition) is 3. The minimum atomic E-state index is -0.349. The van der Waals surface area contributed by atoms with Crippen molar-refractivity contribution in [1.29, 1.82) is 0 Å². The minimum Gasteiger partial charge on any atom is -0.312 e. The fourth-order valence-electron chi connectivity index (χ4n) is 1.86. The van der Waals surface area contributed by atoms with Crippen molar-refractivity contribution in [3.63, 3.8) is 0 Å². The summed E-state index contributed by atoms with van der Waals surface area (Å²) in [6.07, 6.45) is 0.220. The van der Waals surface area contributed by atoms with Gasteiger partial charge in [-0.25, -0.2) is 5.84 Å². The van der Waals surface area contributed by atoms with Gasteiger partial charge < -0.3 is 4.90 Å². The lowest BCUT2D eigenvalue weighted by Crippen LogP contribution is -2.37. The highest BCUT2D eigenvalue weighted by Gasteiger charge is 2.34. The van der Waals surface area contributed by atoms with E-state index in [-0.39, 0.29) is 24.2 Å². The number of para-hydroxylation sites is 1. The average molecular weight is 219 g/mol. The first-order chi connectivity index (χ1) is 7.72. The van der Waals surface area contributed by atoms with Gasteiger partial charge >= 0.3 is 0 Å². The van der Waals surface area contributed by atoms with Crippen LogP contribution in [0.4, 0.5) is 5.69 Å². The Labute approximate surface area is 93.2 Å². The highest BCUT2D eigenvalue weighted by molar-refractivity contribution is 6.00. The van der Waals surface area contributed by atoms with E-state index in [1.54, 1.807) is 4.90 Å². The number of carbonyl (C=O) groups excluding carboxylic acids is 2. The number of hydrazine groups is 1. The van der Waals surface area contributed by atoms with Crippen LogP contribution in [0.25, 0.3) is 0 Å². The van der Waals surface area contributed by atoms with Crippen LogP contribution in [-0.4, -0.2) is 18.4 Å². The maximum absolute atomic E-state index is 11.7. The molecule has 0 aromatic heterocycles. The van der Waals surface area contributed by atoms with Crippen molar-refractivity contribution in [1.82, 2.24) is 5.43 Å². The number of nitrogens with two attached hydrogens (primary N) is 1. The standard InChI is InChI=1S/C11H13N3O2/c12-13-11(16)8-6-10(15)14(7-8)9-4-2-1-3-5-9/h1-5,8H,6-7,12H2,(H,13,16)/t8-/m0/s1. The summed E-state index contributed by atoms with van der Waals surface area (Å²) in [4.78, 5) is 24.6. The van der Waals surface area contributed by atoms with Crippen LogP contribution in [0.15, 0.2) is 30.3 Å². The molecule has 0 aliphatic carbocycles. The van der Waals surface area contributed by atoms with E-state index >= 15 is 0 Å². The second-order valence-electron chi connectivity index (χ2n) is 3.75. The van der Waals surface area contributed by atoms with Gasteiger partial charge in [-0.3, -0.25) is 15.0 Å². The van der Waals surface area contributed by atoms with Gasteiger partial charge in [0, 0.05) is 18.7 Å². The Bertz CT molecular complexity index is 405. The molecule has 2 amide bonds. The molecule has 16 heavy (non-hydrogen) atoms. The predicted octanol–water partition coefficient (Wildman–Crippen LogP) is 0.0294. The van der Waals surface area contributed by atoms with E-state index in [1.165, 1.54) is 0 Å². The fourth-order valence-corrected chi connectivity index (χ4v) is 1.86. The molecule has 0 bridgehead atoms. The number of nitrogens with one attached hydrogen (secondary N) is 1. The Morgan fingerprint density at radius 1 is 1.38 bits per heavy atom. The third kappa shape index (κ3) is 1.90. The Balaban J connectivity index is 2.14. The Kier molecular flexibility index (Phi) is 2.87. The molecule has 1 aromatic rings. The maximum atomic E-state index is 11.7. The summed E-state index contributed by atoms with van der Waals surface area (Å²) >= 11 is 0. The third-order valence-corrected chi connectivity index (χ3v) is 2.71. The Morgan fingerprint density at radius 3 is 2.69 bits per heavy atom. The van der Waals surface area contributed by atoms with Crippen LogP contribution in [-0.2, 0) is 9.59 Å². The number of hydrogen-bond donors (Lipinski definition) is 2. The van der Waals surface area contributed by atoms with Crippen molar-refractivity contribution in [2.45, 2.75) is 6.42 Å². The smallest absolute Gasteiger partial charge is 0.239 e. The highest BCUT2D eigenvalue weighted by Crippen LogP contribution is 2.24. The van der Waals surface area contributed by atoms with Crippen LogP contribution in [0.1, 0.15) is 6.42 Å². The molecule has 3 N–H and O–H groups in total. The molecule has 5 heteroatoms. The van der Waals surface area contributed by atoms with Gasteiger partial charge in [0.15, 0.2) is 0 Å². The van der Waals surface area contributed by atoms with Gasteiger partial charge in [-0.1, -0.05) is 18.2 Å². The van der Waals surface area contributed by atoms with E-state index in [9.17, 15) is 9.59 Å². The second kappa shape index (κ2) is 4.32. The Morgan fingerprint density at radius 2 is 2.06 bits per heavy atom. The number of rotatable bonds is 2. The number of amides is 2. The van der Waals surface area contributed by atoms with Gasteiger partial charge in [0.1, 0.15) is 0 Å². The van der Waals surface area contributed by atoms with E-state index in [2.05, 4.69) is 5.43 Å². The first kappa shape index (κ1) is 10.6. The normalized spacial score (nSPS) is 19.9. The molecule has 1 aliphatic heterocycles. The molecule has 1 aliphatic rings. The SMILES string of the molecule is NNC(=O)[C@H]1CC(=O)N(c2ccccc2)C1. The van der Waals surface area contributed by atoms with Crippen molar-refractivity contribution < 1.29 is 9.59 Å². The van der Waals surface area contributed by atoms with Crippen molar-refractivity contribution in [3.8, 4) is 0 Å². The number of benzene rings is 1. The first-order valence-electron chi connectivity index (χ1n) is 5.08. The molecule has 0 unspecified atom stereocenters. The van der Waals surface area contributed by atoms with Crippen LogP contribution >= 0.6 is 0 Å². The van der Waals surface area contributed by atoms with E-state index in [1.807, 2.05) is 30.3 Å². The van der Waals surface area contributed by atoms with E-state index in [4.69, 9.17) is 5.84 Å². The van der Waals surface area contributed by atoms with Crippen molar-refractivity contribution in [3.05, 3.63) is 30.3 Å². The van der Waals surface area contributed by atoms with Gasteiger partial charge in [0.2, 0.25) is 11.8 Å². The van der Waals surface area contributed by atoms with Gasteiger partial charge in [-0.05, 0) is 12.1 Å². The van der Waals surface area contributed by atoms with Gasteiger partial charge in [0.05, 0.1) is 5.92 Å². The minimum absolute atomic E-state index is 0.0419. The van der Waals surface area contributed by atoms with Gasteiger partial charge in [-0.15, -0.1) is 0 Å². The number of carbonyl (C=O) groups is 2. The molecule has 5 nitrogen and oxygen atoms in total. The molecule has 1 heterocycles. The summed E-state index contributed by atoms with van der Waals surface area (Å²) < 4.78 is 0. The molecular formula is C11H13N3O2. The van der Waals surface area contributed by atoms with Crippen LogP contribution in [0.5, 0.6) is 0 Å². The monoisotopic (exact) mass is 219 g/mol. The zero-order valence-electron chi connectivity index (χ0n) is 8.72. The number of anilines is 1. The lowest BCUT2D eigenvalue weighted by atomic mass is 10.1. The van der Waals surface area contributed by atoms with Crippen molar-refractivity contribution in [2.75, 3.05) is 11.4 Å². The van der Waals surface area contributed by atoms with Crippen molar-refractivity contribution in [2.24, 2.45) is 11.8 Å².